The van der Waals surface area contributed by atoms with Gasteiger partial charge in [-0.2, -0.15) is 0 Å². The molecule has 2 aromatic carbocycles. The number of rotatable bonds is 10. The van der Waals surface area contributed by atoms with E-state index < -0.39 is 21.4 Å². The summed E-state index contributed by atoms with van der Waals surface area (Å²) in [6.45, 7) is 3.35. The van der Waals surface area contributed by atoms with Gasteiger partial charge in [0.05, 0.1) is 24.4 Å². The van der Waals surface area contributed by atoms with E-state index in [4.69, 9.17) is 19.9 Å². The molecule has 41 heavy (non-hydrogen) atoms. The minimum Gasteiger partial charge on any atom is -0.494 e. The number of ether oxygens (including phenoxy) is 3. The number of aromatic nitrogens is 6. The zero-order chi connectivity index (χ0) is 29.3. The summed E-state index contributed by atoms with van der Waals surface area (Å²) >= 11 is 1.33. The van der Waals surface area contributed by atoms with Gasteiger partial charge >= 0.3 is 0 Å². The van der Waals surface area contributed by atoms with Crippen molar-refractivity contribution in [2.45, 2.75) is 25.2 Å². The van der Waals surface area contributed by atoms with Crippen LogP contribution in [0.15, 0.2) is 48.8 Å². The highest BCUT2D eigenvalue weighted by Crippen LogP contribution is 2.39. The molecule has 0 bridgehead atoms. The Kier molecular flexibility index (Phi) is 7.75. The van der Waals surface area contributed by atoms with Crippen LogP contribution in [0.25, 0.3) is 27.3 Å². The number of fused-ring (bicyclic) bond motifs is 1. The smallest absolute Gasteiger partial charge is 0.243 e. The number of nitrogens with zero attached hydrogens (tertiary/aromatic N) is 6. The number of hydrogen-bond donors (Lipinski definition) is 2. The second-order valence-electron chi connectivity index (χ2n) is 9.06. The number of nitrogens with one attached hydrogen (secondary N) is 1. The van der Waals surface area contributed by atoms with E-state index in [1.807, 2.05) is 19.1 Å². The quantitative estimate of drug-likeness (QED) is 0.241. The van der Waals surface area contributed by atoms with Gasteiger partial charge in [-0.15, -0.1) is 10.2 Å². The van der Waals surface area contributed by atoms with E-state index in [1.54, 1.807) is 36.7 Å². The molecule has 0 spiro atoms. The van der Waals surface area contributed by atoms with Gasteiger partial charge in [0.2, 0.25) is 16.0 Å². The van der Waals surface area contributed by atoms with E-state index in [-0.39, 0.29) is 11.8 Å². The third-order valence-electron chi connectivity index (χ3n) is 6.41. The van der Waals surface area contributed by atoms with Crippen molar-refractivity contribution in [1.29, 1.82) is 0 Å². The SMILES string of the molecule is COc1cccc(OC)c1-n1c(NS(=O)(=O)[C@@H](C)[C@H](OC)c2ncc(C)cn2)nnc1-c1ccc2nc(N)sc2c1. The van der Waals surface area contributed by atoms with Crippen LogP contribution in [0.2, 0.25) is 0 Å². The maximum atomic E-state index is 13.7. The Hall–Kier alpha value is -4.34. The number of nitrogen functional groups attached to an aromatic ring is 1. The molecule has 0 amide bonds. The fourth-order valence-corrected chi connectivity index (χ4v) is 6.23. The molecule has 13 nitrogen and oxygen atoms in total. The van der Waals surface area contributed by atoms with Crippen LogP contribution in [-0.2, 0) is 14.8 Å². The molecule has 5 aromatic rings. The summed E-state index contributed by atoms with van der Waals surface area (Å²) < 4.78 is 49.3. The summed E-state index contributed by atoms with van der Waals surface area (Å²) in [6, 6.07) is 10.7. The molecule has 0 saturated heterocycles. The fraction of sp³-hybridized carbons (Fsp3) is 0.269. The van der Waals surface area contributed by atoms with Crippen molar-refractivity contribution in [2.24, 2.45) is 0 Å². The lowest BCUT2D eigenvalue weighted by atomic mass is 10.2. The summed E-state index contributed by atoms with van der Waals surface area (Å²) in [6.07, 6.45) is 2.25. The Bertz CT molecular complexity index is 1780. The lowest BCUT2D eigenvalue weighted by Crippen LogP contribution is -2.33. The van der Waals surface area contributed by atoms with Crippen LogP contribution in [0.5, 0.6) is 11.5 Å². The van der Waals surface area contributed by atoms with Crippen molar-refractivity contribution in [3.8, 4) is 28.6 Å². The molecule has 0 unspecified atom stereocenters. The fourth-order valence-electron chi connectivity index (χ4n) is 4.32. The molecule has 3 aromatic heterocycles. The van der Waals surface area contributed by atoms with E-state index in [2.05, 4.69) is 29.9 Å². The largest absolute Gasteiger partial charge is 0.494 e. The average Bonchev–Trinajstić information content (AvgIpc) is 3.54. The molecule has 0 fully saturated rings. The summed E-state index contributed by atoms with van der Waals surface area (Å²) in [5, 5.41) is 7.94. The van der Waals surface area contributed by atoms with E-state index in [0.717, 1.165) is 15.8 Å². The van der Waals surface area contributed by atoms with Gasteiger partial charge in [-0.25, -0.2) is 23.4 Å². The van der Waals surface area contributed by atoms with E-state index >= 15 is 0 Å². The molecular formula is C26H28N8O5S2. The van der Waals surface area contributed by atoms with Crippen molar-refractivity contribution in [3.63, 3.8) is 0 Å². The maximum Gasteiger partial charge on any atom is 0.243 e. The molecule has 0 aliphatic carbocycles. The summed E-state index contributed by atoms with van der Waals surface area (Å²) in [7, 11) is 0.278. The number of para-hydroxylation sites is 1. The minimum atomic E-state index is -4.14. The van der Waals surface area contributed by atoms with Gasteiger partial charge in [0.15, 0.2) is 16.8 Å². The standard InChI is InChI=1S/C26H28N8O5S2/c1-14-12-28-23(29-13-14)22(39-5)15(2)41(35,36)33-26-32-31-24(16-9-10-17-20(11-16)40-25(27)30-17)34(26)21-18(37-3)7-6-8-19(21)38-4/h6-13,15,22H,1-5H3,(H2,27,30)(H,32,33)/t15-,22-/m0/s1. The van der Waals surface area contributed by atoms with Crippen molar-refractivity contribution in [2.75, 3.05) is 31.8 Å². The first-order chi connectivity index (χ1) is 19.7. The highest BCUT2D eigenvalue weighted by atomic mass is 32.2. The number of anilines is 2. The lowest BCUT2D eigenvalue weighted by Gasteiger charge is -2.23. The topological polar surface area (TPSA) is 169 Å². The predicted molar refractivity (Wildman–Crippen MR) is 156 cm³/mol. The van der Waals surface area contributed by atoms with Crippen LogP contribution in [0.4, 0.5) is 11.1 Å². The van der Waals surface area contributed by atoms with Gasteiger partial charge in [-0.05, 0) is 49.7 Å². The molecular weight excluding hydrogens is 568 g/mol. The molecule has 214 valence electrons. The summed E-state index contributed by atoms with van der Waals surface area (Å²) in [5.41, 5.74) is 8.52. The van der Waals surface area contributed by atoms with Gasteiger partial charge in [-0.3, -0.25) is 9.29 Å². The van der Waals surface area contributed by atoms with Crippen LogP contribution >= 0.6 is 11.3 Å². The molecule has 15 heteroatoms. The summed E-state index contributed by atoms with van der Waals surface area (Å²) in [5.74, 6) is 1.30. The maximum absolute atomic E-state index is 13.7. The molecule has 3 heterocycles. The Labute approximate surface area is 240 Å². The minimum absolute atomic E-state index is 0.0850. The van der Waals surface area contributed by atoms with Crippen LogP contribution in [0, 0.1) is 6.92 Å². The zero-order valence-corrected chi connectivity index (χ0v) is 24.5. The molecule has 5 rings (SSSR count). The van der Waals surface area contributed by atoms with Gasteiger partial charge in [0.25, 0.3) is 0 Å². The second kappa shape index (κ2) is 11.3. The normalized spacial score (nSPS) is 13.2. The number of aryl methyl sites for hydroxylation is 1. The Morgan fingerprint density at radius 2 is 1.71 bits per heavy atom. The van der Waals surface area contributed by atoms with Crippen LogP contribution in [0.3, 0.4) is 0 Å². The van der Waals surface area contributed by atoms with Crippen LogP contribution in [0.1, 0.15) is 24.4 Å². The number of sulfonamides is 1. The molecule has 3 N–H and O–H groups in total. The first kappa shape index (κ1) is 28.2. The number of hydrogen-bond acceptors (Lipinski definition) is 12. The highest BCUT2D eigenvalue weighted by Gasteiger charge is 2.35. The van der Waals surface area contributed by atoms with Crippen molar-refractivity contribution >= 4 is 42.7 Å². The van der Waals surface area contributed by atoms with Gasteiger partial charge in [0, 0.05) is 25.1 Å². The second-order valence-corrected chi connectivity index (χ2v) is 12.2. The number of benzene rings is 2. The monoisotopic (exact) mass is 596 g/mol. The van der Waals surface area contributed by atoms with Crippen LogP contribution < -0.4 is 19.9 Å². The average molecular weight is 597 g/mol. The molecule has 0 saturated carbocycles. The van der Waals surface area contributed by atoms with Crippen molar-refractivity contribution in [1.82, 2.24) is 29.7 Å². The number of thiazole rings is 1. The molecule has 0 radical (unpaired) electrons. The zero-order valence-electron chi connectivity index (χ0n) is 22.9. The third-order valence-corrected chi connectivity index (χ3v) is 8.95. The van der Waals surface area contributed by atoms with E-state index in [9.17, 15) is 8.42 Å². The number of methoxy groups -OCH3 is 3. The predicted octanol–water partition coefficient (Wildman–Crippen LogP) is 3.76. The van der Waals surface area contributed by atoms with Crippen LogP contribution in [-0.4, -0.2) is 64.7 Å². The summed E-state index contributed by atoms with van der Waals surface area (Å²) in [4.78, 5) is 12.8. The Balaban J connectivity index is 1.64. The van der Waals surface area contributed by atoms with Gasteiger partial charge in [0.1, 0.15) is 28.5 Å². The van der Waals surface area contributed by atoms with Gasteiger partial charge < -0.3 is 19.9 Å². The van der Waals surface area contributed by atoms with Crippen molar-refractivity contribution in [3.05, 3.63) is 60.2 Å². The van der Waals surface area contributed by atoms with Gasteiger partial charge in [-0.1, -0.05) is 17.4 Å². The van der Waals surface area contributed by atoms with E-state index in [0.29, 0.717) is 33.7 Å². The first-order valence-corrected chi connectivity index (χ1v) is 14.7. The number of nitrogens with two attached hydrogens (primary N) is 1. The molecule has 0 aliphatic heterocycles. The highest BCUT2D eigenvalue weighted by molar-refractivity contribution is 7.93. The Morgan fingerprint density at radius 3 is 2.34 bits per heavy atom. The van der Waals surface area contributed by atoms with Crippen molar-refractivity contribution < 1.29 is 22.6 Å². The first-order valence-electron chi connectivity index (χ1n) is 12.3. The lowest BCUT2D eigenvalue weighted by molar-refractivity contribution is 0.0949. The molecule has 0 aliphatic rings. The Morgan fingerprint density at radius 1 is 1.02 bits per heavy atom. The third kappa shape index (κ3) is 5.38. The molecule has 2 atom stereocenters. The van der Waals surface area contributed by atoms with E-state index in [1.165, 1.54) is 44.2 Å².